The topological polar surface area (TPSA) is 98.4 Å². The summed E-state index contributed by atoms with van der Waals surface area (Å²) in [7, 11) is 0. The molecule has 578 valence electrons. The Bertz CT molecular complexity index is 8370. The van der Waals surface area contributed by atoms with Crippen LogP contribution in [0, 0.1) is 0 Å². The summed E-state index contributed by atoms with van der Waals surface area (Å²) in [6, 6.07) is 138. The number of aromatic nitrogens is 8. The maximum Gasteiger partial charge on any atom is 0.145 e. The molecular weight excluding hydrogens is 1510 g/mol. The van der Waals surface area contributed by atoms with Crippen molar-refractivity contribution in [2.75, 3.05) is 4.90 Å². The molecule has 0 amide bonds. The van der Waals surface area contributed by atoms with Gasteiger partial charge in [0.05, 0.1) is 27.6 Å². The molecule has 0 bridgehead atoms. The highest BCUT2D eigenvalue weighted by Gasteiger charge is 2.23. The molecule has 0 spiro atoms. The highest BCUT2D eigenvalue weighted by molar-refractivity contribution is 6.35. The SMILES string of the molecule is c1ccc(-n2c(-c3ccc(-c4cc5c6ccccc6c6ncccc6c5c5ccccc45)cc3)nc3ccccc32)cc1.c1ccc(N(c2ccncc2)c2ccc(-c3cc4c5ccccc5c5ncccc5c4c4ccccc34)cc2)cc1.c1cncc(-c2cc(-c3cccnc3)cc(-c3cc4c5ccccc5c5ncccc5c4c4ccccc34)c2)c1. The summed E-state index contributed by atoms with van der Waals surface area (Å²) in [5.41, 5.74) is 22.3. The molecule has 25 rings (SSSR count). The van der Waals surface area contributed by atoms with Gasteiger partial charge in [-0.2, -0.15) is 0 Å². The fourth-order valence-electron chi connectivity index (χ4n) is 18.9. The Hall–Kier alpha value is -16.8. The highest BCUT2D eigenvalue weighted by atomic mass is 15.1. The Balaban J connectivity index is 0.000000108. The van der Waals surface area contributed by atoms with E-state index >= 15 is 0 Å². The highest BCUT2D eigenvalue weighted by Crippen LogP contribution is 2.48. The minimum atomic E-state index is 0.937. The normalized spacial score (nSPS) is 11.5. The monoisotopic (exact) mass is 1580 g/mol. The van der Waals surface area contributed by atoms with Crippen LogP contribution in [-0.2, 0) is 0 Å². The van der Waals surface area contributed by atoms with Crippen LogP contribution in [0.25, 0.3) is 213 Å². The van der Waals surface area contributed by atoms with Gasteiger partial charge in [0.1, 0.15) is 5.82 Å². The molecule has 9 heteroatoms. The van der Waals surface area contributed by atoms with Crippen molar-refractivity contribution in [1.29, 1.82) is 0 Å². The number of fused-ring (bicyclic) bond motifs is 25. The van der Waals surface area contributed by atoms with Gasteiger partial charge in [0.2, 0.25) is 0 Å². The third kappa shape index (κ3) is 12.6. The molecule has 9 nitrogen and oxygen atoms in total. The Morgan fingerprint density at radius 3 is 1.00 bits per heavy atom. The van der Waals surface area contributed by atoms with Gasteiger partial charge in [-0.25, -0.2) is 4.98 Å². The van der Waals surface area contributed by atoms with Gasteiger partial charge < -0.3 is 4.90 Å². The van der Waals surface area contributed by atoms with Crippen LogP contribution in [0.2, 0.25) is 0 Å². The molecule has 25 aromatic rings. The zero-order valence-electron chi connectivity index (χ0n) is 67.2. The Morgan fingerprint density at radius 1 is 0.202 bits per heavy atom. The molecule has 0 aliphatic heterocycles. The van der Waals surface area contributed by atoms with Gasteiger partial charge in [0, 0.05) is 128 Å². The fraction of sp³-hybridized carbons (Fsp3) is 0. The molecule has 0 aliphatic carbocycles. The molecule has 18 aromatic carbocycles. The largest absolute Gasteiger partial charge is 0.310 e. The molecule has 0 saturated heterocycles. The van der Waals surface area contributed by atoms with Crippen molar-refractivity contribution >= 4 is 158 Å². The number of rotatable bonds is 10. The first kappa shape index (κ1) is 72.5. The third-order valence-corrected chi connectivity index (χ3v) is 24.4. The number of para-hydroxylation sites is 4. The molecule has 0 N–H and O–H groups in total. The Labute approximate surface area is 714 Å². The molecule has 0 fully saturated rings. The number of pyridine rings is 6. The predicted molar refractivity (Wildman–Crippen MR) is 518 cm³/mol. The lowest BCUT2D eigenvalue weighted by atomic mass is 9.87. The smallest absolute Gasteiger partial charge is 0.145 e. The summed E-state index contributed by atoms with van der Waals surface area (Å²) >= 11 is 0. The van der Waals surface area contributed by atoms with Gasteiger partial charge in [-0.15, -0.1) is 0 Å². The number of hydrogen-bond donors (Lipinski definition) is 0. The minimum Gasteiger partial charge on any atom is -0.310 e. The Kier molecular flexibility index (Phi) is 18.0. The van der Waals surface area contributed by atoms with Crippen molar-refractivity contribution in [2.24, 2.45) is 0 Å². The minimum absolute atomic E-state index is 0.937. The van der Waals surface area contributed by atoms with Crippen LogP contribution in [0.5, 0.6) is 0 Å². The van der Waals surface area contributed by atoms with E-state index in [-0.39, 0.29) is 0 Å². The average molecular weight is 1580 g/mol. The molecular formula is C115H73N9. The average Bonchev–Trinajstić information content (AvgIpc) is 0.803. The molecule has 0 radical (unpaired) electrons. The summed E-state index contributed by atoms with van der Waals surface area (Å²) in [6.07, 6.45) is 16.8. The second-order valence-corrected chi connectivity index (χ2v) is 31.4. The number of imidazole rings is 1. The van der Waals surface area contributed by atoms with E-state index in [0.717, 1.165) is 89.5 Å². The van der Waals surface area contributed by atoms with Gasteiger partial charge in [-0.05, 0) is 253 Å². The van der Waals surface area contributed by atoms with E-state index in [1.165, 1.54) is 141 Å². The van der Waals surface area contributed by atoms with Gasteiger partial charge in [0.25, 0.3) is 0 Å². The van der Waals surface area contributed by atoms with E-state index in [1.54, 1.807) is 0 Å². The molecule has 0 saturated carbocycles. The Morgan fingerprint density at radius 2 is 0.548 bits per heavy atom. The van der Waals surface area contributed by atoms with Crippen molar-refractivity contribution in [2.45, 2.75) is 0 Å². The summed E-state index contributed by atoms with van der Waals surface area (Å²) < 4.78 is 2.25. The van der Waals surface area contributed by atoms with E-state index in [2.05, 4.69) is 352 Å². The van der Waals surface area contributed by atoms with Crippen LogP contribution >= 0.6 is 0 Å². The second-order valence-electron chi connectivity index (χ2n) is 31.4. The van der Waals surface area contributed by atoms with Gasteiger partial charge in [-0.3, -0.25) is 34.5 Å². The molecule has 124 heavy (non-hydrogen) atoms. The van der Waals surface area contributed by atoms with Crippen LogP contribution in [0.4, 0.5) is 17.1 Å². The van der Waals surface area contributed by atoms with Gasteiger partial charge >= 0.3 is 0 Å². The third-order valence-electron chi connectivity index (χ3n) is 24.4. The maximum absolute atomic E-state index is 5.07. The molecule has 7 heterocycles. The molecule has 0 unspecified atom stereocenters. The number of benzene rings is 18. The van der Waals surface area contributed by atoms with Gasteiger partial charge in [0.15, 0.2) is 0 Å². The predicted octanol–water partition coefficient (Wildman–Crippen LogP) is 30.1. The maximum atomic E-state index is 5.07. The zero-order valence-corrected chi connectivity index (χ0v) is 67.2. The lowest BCUT2D eigenvalue weighted by Gasteiger charge is -2.25. The first-order valence-corrected chi connectivity index (χ1v) is 41.9. The van der Waals surface area contributed by atoms with E-state index in [9.17, 15) is 0 Å². The lowest BCUT2D eigenvalue weighted by molar-refractivity contribution is 1.10. The van der Waals surface area contributed by atoms with Crippen LogP contribution in [0.3, 0.4) is 0 Å². The molecule has 0 atom stereocenters. The molecule has 0 aliphatic rings. The van der Waals surface area contributed by atoms with Crippen molar-refractivity contribution in [3.8, 4) is 72.7 Å². The van der Waals surface area contributed by atoms with Crippen molar-refractivity contribution in [1.82, 2.24) is 39.5 Å². The van der Waals surface area contributed by atoms with E-state index in [1.807, 2.05) is 116 Å². The molecule has 7 aromatic heterocycles. The van der Waals surface area contributed by atoms with Crippen LogP contribution in [0.1, 0.15) is 0 Å². The first-order valence-electron chi connectivity index (χ1n) is 41.9. The summed E-state index contributed by atoms with van der Waals surface area (Å²) in [5, 5.41) is 25.7. The van der Waals surface area contributed by atoms with Crippen LogP contribution in [0.15, 0.2) is 444 Å². The number of hydrogen-bond acceptors (Lipinski definition) is 8. The summed E-state index contributed by atoms with van der Waals surface area (Å²) in [5.74, 6) is 0.937. The fourth-order valence-corrected chi connectivity index (χ4v) is 18.9. The summed E-state index contributed by atoms with van der Waals surface area (Å²) in [6.45, 7) is 0. The van der Waals surface area contributed by atoms with Crippen molar-refractivity contribution < 1.29 is 0 Å². The zero-order chi connectivity index (χ0) is 82.0. The van der Waals surface area contributed by atoms with E-state index < -0.39 is 0 Å². The summed E-state index contributed by atoms with van der Waals surface area (Å²) in [4.78, 5) is 34.8. The van der Waals surface area contributed by atoms with Crippen LogP contribution in [-0.4, -0.2) is 39.5 Å². The number of nitrogens with zero attached hydrogens (tertiary/aromatic N) is 9. The van der Waals surface area contributed by atoms with Gasteiger partial charge in [-0.1, -0.05) is 261 Å². The quantitative estimate of drug-likeness (QED) is 0.125. The first-order chi connectivity index (χ1) is 61.6. The van der Waals surface area contributed by atoms with Crippen LogP contribution < -0.4 is 4.90 Å². The standard InChI is InChI=1S/C40H25N3.C38H25N3.C37H23N3/c1-2-11-28(12-3-1)43-37-19-9-8-18-36(37)42-40(43)27-22-20-26(21-23-27)34-25-35-30-14-5-7-16-32(30)39-33(17-10-24-41-39)38(35)31-15-6-4-13-29(31)34;1-2-9-27(10-3-1)41(29-20-23-39-24-21-29)28-18-16-26(17-19-28)35-25-36-31-12-5-7-14-33(31)38-34(15-8-22-40-38)37(36)32-13-6-4-11-30(32)35;1-3-12-31-29(10-1)34(21-35-30-11-2-4-13-32(30)37-33(36(31)35)14-7-17-40-37)28-19-26(24-8-5-15-38-22-24)18-27(20-28)25-9-6-16-39-23-25/h1-25H;1-25H;1-23H. The van der Waals surface area contributed by atoms with E-state index in [4.69, 9.17) is 19.9 Å². The second kappa shape index (κ2) is 30.9. The van der Waals surface area contributed by atoms with E-state index in [0.29, 0.717) is 0 Å². The number of anilines is 3. The lowest BCUT2D eigenvalue weighted by Crippen LogP contribution is -2.09. The van der Waals surface area contributed by atoms with Crippen molar-refractivity contribution in [3.05, 3.63) is 444 Å². The van der Waals surface area contributed by atoms with Crippen molar-refractivity contribution in [3.63, 3.8) is 0 Å².